The van der Waals surface area contributed by atoms with E-state index in [4.69, 9.17) is 9.16 Å². The van der Waals surface area contributed by atoms with Crippen LogP contribution in [0, 0.1) is 5.92 Å². The SMILES string of the molecule is COC(=O)CSCCCS[C@H]1C(=O)CC[C@@H]1/C=C/C(CCc1cc2ccccc2s1)O[Si](C)(C)C(C)(C)C. The molecule has 0 spiro atoms. The van der Waals surface area contributed by atoms with Crippen LogP contribution in [-0.2, 0) is 25.2 Å². The van der Waals surface area contributed by atoms with E-state index in [-0.39, 0.29) is 28.3 Å². The molecule has 210 valence electrons. The summed E-state index contributed by atoms with van der Waals surface area (Å²) in [5.74, 6) is 2.70. The molecule has 1 aliphatic rings. The van der Waals surface area contributed by atoms with Crippen molar-refractivity contribution in [3.63, 3.8) is 0 Å². The van der Waals surface area contributed by atoms with Gasteiger partial charge >= 0.3 is 5.97 Å². The number of hydrogen-bond acceptors (Lipinski definition) is 7. The fraction of sp³-hybridized carbons (Fsp3) is 0.600. The number of Topliss-reactive ketones (excluding diaryl/α,β-unsaturated/α-hetero) is 1. The van der Waals surface area contributed by atoms with Crippen LogP contribution in [0.5, 0.6) is 0 Å². The van der Waals surface area contributed by atoms with Crippen LogP contribution >= 0.6 is 34.9 Å². The Hall–Kier alpha value is -1.06. The molecule has 1 aromatic heterocycles. The van der Waals surface area contributed by atoms with Gasteiger partial charge < -0.3 is 9.16 Å². The van der Waals surface area contributed by atoms with E-state index in [1.54, 1.807) is 23.5 Å². The summed E-state index contributed by atoms with van der Waals surface area (Å²) in [6, 6.07) is 10.9. The summed E-state index contributed by atoms with van der Waals surface area (Å²) in [5, 5.41) is 1.50. The largest absolute Gasteiger partial charge is 0.468 e. The van der Waals surface area contributed by atoms with Gasteiger partial charge in [0.25, 0.3) is 0 Å². The number of hydrogen-bond donors (Lipinski definition) is 0. The Morgan fingerprint density at radius 1 is 1.24 bits per heavy atom. The van der Waals surface area contributed by atoms with Crippen molar-refractivity contribution in [2.45, 2.75) is 82.4 Å². The highest BCUT2D eigenvalue weighted by molar-refractivity contribution is 8.01. The highest BCUT2D eigenvalue weighted by Crippen LogP contribution is 2.39. The molecule has 1 unspecified atom stereocenters. The number of thioether (sulfide) groups is 2. The van der Waals surface area contributed by atoms with Gasteiger partial charge in [-0.05, 0) is 78.8 Å². The summed E-state index contributed by atoms with van der Waals surface area (Å²) in [7, 11) is -0.525. The second kappa shape index (κ2) is 14.5. The normalized spacial score (nSPS) is 19.5. The second-order valence-electron chi connectivity index (χ2n) is 11.5. The Balaban J connectivity index is 1.61. The van der Waals surface area contributed by atoms with Crippen molar-refractivity contribution in [2.75, 3.05) is 24.4 Å². The number of esters is 1. The van der Waals surface area contributed by atoms with Crippen molar-refractivity contribution in [3.05, 3.63) is 47.4 Å². The molecule has 3 rings (SSSR count). The van der Waals surface area contributed by atoms with Crippen LogP contribution in [0.2, 0.25) is 18.1 Å². The first-order valence-corrected chi connectivity index (χ1v) is 19.6. The molecule has 0 N–H and O–H groups in total. The Bertz CT molecular complexity index is 1060. The minimum absolute atomic E-state index is 0.0352. The molecule has 38 heavy (non-hydrogen) atoms. The van der Waals surface area contributed by atoms with Crippen LogP contribution in [0.15, 0.2) is 42.5 Å². The first-order chi connectivity index (χ1) is 18.0. The van der Waals surface area contributed by atoms with Crippen LogP contribution in [0.1, 0.15) is 51.3 Å². The van der Waals surface area contributed by atoms with Crippen molar-refractivity contribution >= 4 is 65.0 Å². The van der Waals surface area contributed by atoms with Crippen molar-refractivity contribution < 1.29 is 18.8 Å². The van der Waals surface area contributed by atoms with Crippen LogP contribution in [-0.4, -0.2) is 55.8 Å². The molecule has 0 aliphatic heterocycles. The maximum atomic E-state index is 12.7. The van der Waals surface area contributed by atoms with Gasteiger partial charge in [-0.15, -0.1) is 23.1 Å². The smallest absolute Gasteiger partial charge is 0.315 e. The first-order valence-electron chi connectivity index (χ1n) is 13.6. The average molecular weight is 593 g/mol. The van der Waals surface area contributed by atoms with Crippen LogP contribution < -0.4 is 0 Å². The van der Waals surface area contributed by atoms with Gasteiger partial charge in [0.2, 0.25) is 0 Å². The van der Waals surface area contributed by atoms with E-state index >= 15 is 0 Å². The predicted octanol–water partition coefficient (Wildman–Crippen LogP) is 8.16. The average Bonchev–Trinajstić information content (AvgIpc) is 3.44. The van der Waals surface area contributed by atoms with E-state index in [2.05, 4.69) is 76.3 Å². The number of ether oxygens (including phenoxy) is 1. The molecule has 1 fully saturated rings. The van der Waals surface area contributed by atoms with Crippen molar-refractivity contribution in [1.82, 2.24) is 0 Å². The van der Waals surface area contributed by atoms with E-state index in [1.807, 2.05) is 11.3 Å². The van der Waals surface area contributed by atoms with E-state index in [9.17, 15) is 9.59 Å². The molecule has 4 nitrogen and oxygen atoms in total. The van der Waals surface area contributed by atoms with Gasteiger partial charge in [0.15, 0.2) is 8.32 Å². The fourth-order valence-corrected chi connectivity index (χ4v) is 8.99. The topological polar surface area (TPSA) is 52.6 Å². The third-order valence-corrected chi connectivity index (χ3v) is 15.8. The maximum Gasteiger partial charge on any atom is 0.315 e. The maximum absolute atomic E-state index is 12.7. The highest BCUT2D eigenvalue weighted by Gasteiger charge is 2.39. The van der Waals surface area contributed by atoms with Gasteiger partial charge in [0.1, 0.15) is 5.78 Å². The molecule has 8 heteroatoms. The lowest BCUT2D eigenvalue weighted by molar-refractivity contribution is -0.137. The summed E-state index contributed by atoms with van der Waals surface area (Å²) in [4.78, 5) is 25.4. The zero-order chi connectivity index (χ0) is 27.8. The summed E-state index contributed by atoms with van der Waals surface area (Å²) >= 11 is 5.26. The number of benzene rings is 1. The van der Waals surface area contributed by atoms with Crippen molar-refractivity contribution in [2.24, 2.45) is 5.92 Å². The molecule has 0 saturated heterocycles. The van der Waals surface area contributed by atoms with Gasteiger partial charge in [-0.25, -0.2) is 0 Å². The van der Waals surface area contributed by atoms with E-state index < -0.39 is 8.32 Å². The monoisotopic (exact) mass is 592 g/mol. The number of carbonyl (C=O) groups excluding carboxylic acids is 2. The molecule has 0 radical (unpaired) electrons. The zero-order valence-corrected chi connectivity index (χ0v) is 27.2. The predicted molar refractivity (Wildman–Crippen MR) is 169 cm³/mol. The molecule has 0 bridgehead atoms. The Morgan fingerprint density at radius 3 is 2.71 bits per heavy atom. The number of aryl methyl sites for hydroxylation is 1. The first kappa shape index (κ1) is 31.5. The molecule has 3 atom stereocenters. The van der Waals surface area contributed by atoms with Gasteiger partial charge in [-0.2, -0.15) is 11.8 Å². The van der Waals surface area contributed by atoms with Crippen LogP contribution in [0.4, 0.5) is 0 Å². The summed E-state index contributed by atoms with van der Waals surface area (Å²) in [5.41, 5.74) is 0. The lowest BCUT2D eigenvalue weighted by atomic mass is 10.0. The minimum Gasteiger partial charge on any atom is -0.468 e. The third-order valence-electron chi connectivity index (χ3n) is 7.59. The summed E-state index contributed by atoms with van der Waals surface area (Å²) < 4.78 is 12.9. The second-order valence-corrected chi connectivity index (χ2v) is 19.8. The third kappa shape index (κ3) is 9.25. The van der Waals surface area contributed by atoms with E-state index in [1.165, 1.54) is 22.1 Å². The number of rotatable bonds is 14. The summed E-state index contributed by atoms with van der Waals surface area (Å²) in [6.07, 6.45) is 9.14. The molecular formula is C30H44O4S3Si. The van der Waals surface area contributed by atoms with E-state index in [0.29, 0.717) is 18.0 Å². The molecule has 0 amide bonds. The molecular weight excluding hydrogens is 549 g/mol. The van der Waals surface area contributed by atoms with Crippen molar-refractivity contribution in [1.29, 1.82) is 0 Å². The molecule has 1 heterocycles. The summed E-state index contributed by atoms with van der Waals surface area (Å²) in [6.45, 7) is 11.5. The quantitative estimate of drug-likeness (QED) is 0.0955. The number of ketones is 1. The van der Waals surface area contributed by atoms with Gasteiger partial charge in [-0.1, -0.05) is 51.1 Å². The Labute approximate surface area is 242 Å². The van der Waals surface area contributed by atoms with Gasteiger partial charge in [0.05, 0.1) is 24.2 Å². The number of methoxy groups -OCH3 is 1. The van der Waals surface area contributed by atoms with E-state index in [0.717, 1.165) is 37.2 Å². The lowest BCUT2D eigenvalue weighted by Gasteiger charge is -2.38. The van der Waals surface area contributed by atoms with Gasteiger partial charge in [0, 0.05) is 16.0 Å². The molecule has 1 saturated carbocycles. The number of fused-ring (bicyclic) bond motifs is 1. The number of allylic oxidation sites excluding steroid dienone is 1. The molecule has 2 aromatic rings. The lowest BCUT2D eigenvalue weighted by Crippen LogP contribution is -2.43. The zero-order valence-electron chi connectivity index (χ0n) is 23.8. The number of thiophene rings is 1. The van der Waals surface area contributed by atoms with Crippen LogP contribution in [0.25, 0.3) is 10.1 Å². The highest BCUT2D eigenvalue weighted by atomic mass is 32.2. The van der Waals surface area contributed by atoms with Crippen LogP contribution in [0.3, 0.4) is 0 Å². The fourth-order valence-electron chi connectivity index (χ4n) is 4.30. The van der Waals surface area contributed by atoms with Crippen molar-refractivity contribution in [3.8, 4) is 0 Å². The number of carbonyl (C=O) groups is 2. The minimum atomic E-state index is -1.95. The Kier molecular flexibility index (Phi) is 12.0. The Morgan fingerprint density at radius 2 is 2.00 bits per heavy atom. The standard InChI is InChI=1S/C30H44O4S3Si/c1-30(2,3)38(5,6)34-24(15-16-25-20-23-10-7-8-11-27(23)37-25)14-12-22-13-17-26(31)29(22)36-19-9-18-35-21-28(32)33-4/h7-8,10-12,14,20,22,24,29H,9,13,15-19,21H2,1-6H3/b14-12+/t22-,24?,29+/m0/s1. The van der Waals surface area contributed by atoms with Gasteiger partial charge in [-0.3, -0.25) is 9.59 Å². The molecule has 1 aromatic carbocycles. The molecule has 1 aliphatic carbocycles.